The fraction of sp³-hybridized carbons (Fsp3) is 0.958. The molecule has 6 saturated carbocycles. The van der Waals surface area contributed by atoms with Crippen LogP contribution in [0.15, 0.2) is 0 Å². The second-order valence-electron chi connectivity index (χ2n) is 12.0. The highest BCUT2D eigenvalue weighted by Crippen LogP contribution is 2.84. The minimum Gasteiger partial charge on any atom is -0.396 e. The number of rotatable bonds is 3. The molecule has 0 aromatic carbocycles. The molecule has 2 N–H and O–H groups in total. The lowest BCUT2D eigenvalue weighted by molar-refractivity contribution is -0.316. The third-order valence-corrected chi connectivity index (χ3v) is 11.6. The molecule has 0 bridgehead atoms. The summed E-state index contributed by atoms with van der Waals surface area (Å²) in [6, 6.07) is 0. The van der Waals surface area contributed by atoms with Gasteiger partial charge in [0.25, 0.3) is 0 Å². The van der Waals surface area contributed by atoms with Gasteiger partial charge in [-0.1, -0.05) is 6.92 Å². The Kier molecular flexibility index (Phi) is 3.01. The van der Waals surface area contributed by atoms with Crippen molar-refractivity contribution in [3.05, 3.63) is 0 Å². The van der Waals surface area contributed by atoms with Gasteiger partial charge in [0.2, 0.25) is 0 Å². The van der Waals surface area contributed by atoms with E-state index in [1.807, 2.05) is 0 Å². The third-order valence-electron chi connectivity index (χ3n) is 11.6. The number of aliphatic hydroxyl groups excluding tert-OH is 1. The zero-order valence-corrected chi connectivity index (χ0v) is 17.0. The van der Waals surface area contributed by atoms with Gasteiger partial charge in [-0.2, -0.15) is 0 Å². The molecule has 7 rings (SSSR count). The van der Waals surface area contributed by atoms with Crippen LogP contribution in [0.2, 0.25) is 0 Å². The standard InChI is InChI=1S/C24H34O4/c1-21-6-3-13(26)11-23(21,27)17-9-14(17)19-16(21)4-7-22-12-28-24(22,5-2-8-25)18-10-15(18)20(19)22/h14-20,25,27H,2-12H2,1H3/t14-,15+,16?,17+,18-,19?,20?,21+,22+,23+,24-/m0/s1. The van der Waals surface area contributed by atoms with Crippen LogP contribution in [-0.2, 0) is 9.53 Å². The molecule has 0 aromatic rings. The van der Waals surface area contributed by atoms with Crippen LogP contribution in [0.1, 0.15) is 64.7 Å². The number of fused-ring (bicyclic) bond motifs is 10. The number of carbonyl (C=O) groups is 1. The van der Waals surface area contributed by atoms with Gasteiger partial charge in [-0.15, -0.1) is 0 Å². The molecule has 7 fully saturated rings. The van der Waals surface area contributed by atoms with E-state index in [1.54, 1.807) is 0 Å². The van der Waals surface area contributed by atoms with Crippen molar-refractivity contribution in [2.75, 3.05) is 13.2 Å². The molecule has 1 spiro atoms. The van der Waals surface area contributed by atoms with Crippen LogP contribution < -0.4 is 0 Å². The van der Waals surface area contributed by atoms with E-state index in [1.165, 1.54) is 19.3 Å². The second-order valence-corrected chi connectivity index (χ2v) is 12.0. The Balaban J connectivity index is 1.29. The topological polar surface area (TPSA) is 66.8 Å². The lowest BCUT2D eigenvalue weighted by Crippen LogP contribution is -2.70. The Morgan fingerprint density at radius 3 is 2.71 bits per heavy atom. The summed E-state index contributed by atoms with van der Waals surface area (Å²) in [5.74, 6) is 4.96. The molecule has 154 valence electrons. The molecule has 3 unspecified atom stereocenters. The number of Topliss-reactive ketones (excluding diaryl/α,β-unsaturated/α-hetero) is 1. The van der Waals surface area contributed by atoms with Crippen molar-refractivity contribution in [1.82, 2.24) is 0 Å². The molecule has 6 aliphatic carbocycles. The van der Waals surface area contributed by atoms with Crippen LogP contribution in [-0.4, -0.2) is 40.4 Å². The van der Waals surface area contributed by atoms with Gasteiger partial charge in [0.15, 0.2) is 0 Å². The summed E-state index contributed by atoms with van der Waals surface area (Å²) >= 11 is 0. The lowest BCUT2D eigenvalue weighted by Gasteiger charge is -2.68. The second kappa shape index (κ2) is 4.89. The molecule has 7 aliphatic rings. The molecule has 28 heavy (non-hydrogen) atoms. The molecule has 0 radical (unpaired) electrons. The Hall–Kier alpha value is -0.450. The van der Waals surface area contributed by atoms with Crippen molar-refractivity contribution in [2.45, 2.75) is 75.9 Å². The highest BCUT2D eigenvalue weighted by molar-refractivity contribution is 5.81. The first-order valence-corrected chi connectivity index (χ1v) is 11.9. The molecule has 0 amide bonds. The predicted octanol–water partition coefficient (Wildman–Crippen LogP) is 2.95. The summed E-state index contributed by atoms with van der Waals surface area (Å²) in [7, 11) is 0. The Bertz CT molecular complexity index is 766. The van der Waals surface area contributed by atoms with E-state index in [-0.39, 0.29) is 23.4 Å². The fourth-order valence-corrected chi connectivity index (χ4v) is 10.4. The average molecular weight is 387 g/mol. The maximum absolute atomic E-state index is 12.3. The van der Waals surface area contributed by atoms with Crippen LogP contribution in [0, 0.1) is 52.3 Å². The van der Waals surface area contributed by atoms with Crippen molar-refractivity contribution in [1.29, 1.82) is 0 Å². The summed E-state index contributed by atoms with van der Waals surface area (Å²) < 4.78 is 6.45. The summed E-state index contributed by atoms with van der Waals surface area (Å²) in [4.78, 5) is 12.3. The van der Waals surface area contributed by atoms with Crippen LogP contribution in [0.4, 0.5) is 0 Å². The number of ether oxygens (including phenoxy) is 1. The van der Waals surface area contributed by atoms with E-state index in [9.17, 15) is 15.0 Å². The minimum absolute atomic E-state index is 0.0671. The first-order valence-electron chi connectivity index (χ1n) is 11.9. The first kappa shape index (κ1) is 17.3. The summed E-state index contributed by atoms with van der Waals surface area (Å²) in [5.41, 5.74) is -0.377. The van der Waals surface area contributed by atoms with Gasteiger partial charge in [-0.05, 0) is 86.4 Å². The molecule has 1 saturated heterocycles. The lowest BCUT2D eigenvalue weighted by atomic mass is 9.41. The smallest absolute Gasteiger partial charge is 0.135 e. The Morgan fingerprint density at radius 1 is 1.14 bits per heavy atom. The van der Waals surface area contributed by atoms with Gasteiger partial charge in [-0.25, -0.2) is 0 Å². The molecule has 0 aromatic heterocycles. The van der Waals surface area contributed by atoms with Crippen molar-refractivity contribution in [3.63, 3.8) is 0 Å². The molecular formula is C24H34O4. The van der Waals surface area contributed by atoms with Crippen molar-refractivity contribution in [3.8, 4) is 0 Å². The molecule has 4 nitrogen and oxygen atoms in total. The monoisotopic (exact) mass is 386 g/mol. The fourth-order valence-electron chi connectivity index (χ4n) is 10.4. The van der Waals surface area contributed by atoms with Crippen molar-refractivity contribution in [2.24, 2.45) is 52.3 Å². The maximum atomic E-state index is 12.3. The van der Waals surface area contributed by atoms with E-state index >= 15 is 0 Å². The molecule has 1 heterocycles. The van der Waals surface area contributed by atoms with Crippen molar-refractivity contribution < 1.29 is 19.7 Å². The SMILES string of the molecule is C[C@]12CCC(=O)C[C@@]1(O)[C@@H]1C[C@@H]1C1C3[C@@H]4C[C@@H]4[C@]4(CCCO)OC[C@]34CCC12. The van der Waals surface area contributed by atoms with Crippen LogP contribution >= 0.6 is 0 Å². The van der Waals surface area contributed by atoms with Crippen LogP contribution in [0.25, 0.3) is 0 Å². The maximum Gasteiger partial charge on any atom is 0.135 e. The predicted molar refractivity (Wildman–Crippen MR) is 102 cm³/mol. The largest absolute Gasteiger partial charge is 0.396 e. The van der Waals surface area contributed by atoms with Crippen LogP contribution in [0.5, 0.6) is 0 Å². The number of ketones is 1. The van der Waals surface area contributed by atoms with E-state index in [0.29, 0.717) is 36.0 Å². The number of aliphatic hydroxyl groups is 2. The van der Waals surface area contributed by atoms with Gasteiger partial charge >= 0.3 is 0 Å². The normalized spacial score (nSPS) is 65.1. The molecule has 1 aliphatic heterocycles. The quantitative estimate of drug-likeness (QED) is 0.783. The van der Waals surface area contributed by atoms with Gasteiger partial charge in [0, 0.05) is 30.3 Å². The Morgan fingerprint density at radius 2 is 1.96 bits per heavy atom. The molecular weight excluding hydrogens is 352 g/mol. The van der Waals surface area contributed by atoms with E-state index in [0.717, 1.165) is 56.0 Å². The van der Waals surface area contributed by atoms with E-state index in [2.05, 4.69) is 6.92 Å². The number of carbonyl (C=O) groups excluding carboxylic acids is 1. The summed E-state index contributed by atoms with van der Waals surface area (Å²) in [5, 5.41) is 21.3. The van der Waals surface area contributed by atoms with Crippen molar-refractivity contribution >= 4 is 5.78 Å². The highest BCUT2D eigenvalue weighted by Gasteiger charge is 2.85. The first-order chi connectivity index (χ1) is 13.4. The van der Waals surface area contributed by atoms with Gasteiger partial charge in [0.1, 0.15) is 5.78 Å². The summed E-state index contributed by atoms with van der Waals surface area (Å²) in [6.45, 7) is 3.56. The van der Waals surface area contributed by atoms with E-state index < -0.39 is 5.60 Å². The number of hydrogen-bond donors (Lipinski definition) is 2. The Labute approximate surface area is 167 Å². The summed E-state index contributed by atoms with van der Waals surface area (Å²) in [6.07, 6.45) is 8.83. The minimum atomic E-state index is -0.732. The highest BCUT2D eigenvalue weighted by atomic mass is 16.5. The van der Waals surface area contributed by atoms with Gasteiger partial charge in [0.05, 0.1) is 17.8 Å². The molecule has 4 heteroatoms. The van der Waals surface area contributed by atoms with Gasteiger partial charge < -0.3 is 14.9 Å². The molecule has 11 atom stereocenters. The van der Waals surface area contributed by atoms with E-state index in [4.69, 9.17) is 4.74 Å². The zero-order chi connectivity index (χ0) is 19.1. The zero-order valence-electron chi connectivity index (χ0n) is 17.0. The van der Waals surface area contributed by atoms with Gasteiger partial charge in [-0.3, -0.25) is 4.79 Å². The number of hydrogen-bond acceptors (Lipinski definition) is 4. The average Bonchev–Trinajstić information content (AvgIpc) is 3.56. The van der Waals surface area contributed by atoms with Crippen LogP contribution in [0.3, 0.4) is 0 Å². The third kappa shape index (κ3) is 1.59.